The minimum absolute atomic E-state index is 0. The Morgan fingerprint density at radius 3 is 0.818 bits per heavy atom. The number of hydrogen-bond donors (Lipinski definition) is 0. The van der Waals surface area contributed by atoms with Gasteiger partial charge in [-0.1, -0.05) is 0 Å². The molecule has 0 unspecified atom stereocenters. The molecule has 0 atom stereocenters. The van der Waals surface area contributed by atoms with E-state index < -0.39 is 0 Å². The molecule has 4 N–H and O–H groups in total. The van der Waals surface area contributed by atoms with Gasteiger partial charge >= 0.3 is 0 Å². The summed E-state index contributed by atoms with van der Waals surface area (Å²) in [7, 11) is 0. The van der Waals surface area contributed by atoms with Gasteiger partial charge in [0.25, 0.3) is 0 Å². The van der Waals surface area contributed by atoms with Gasteiger partial charge in [-0.2, -0.15) is 0 Å². The summed E-state index contributed by atoms with van der Waals surface area (Å²) < 4.78 is 5.62. The SMILES string of the molecule is CC(C)(C)OC(C)(C)C.O.O. The molecule has 0 aliphatic carbocycles. The highest BCUT2D eigenvalue weighted by atomic mass is 16.5. The predicted octanol–water partition coefficient (Wildman–Crippen LogP) is 0.951. The molecule has 0 bridgehead atoms. The Hall–Kier alpha value is -0.120. The molecule has 0 aromatic rings. The van der Waals surface area contributed by atoms with Crippen LogP contribution in [0.1, 0.15) is 41.5 Å². The van der Waals surface area contributed by atoms with Gasteiger partial charge in [0.15, 0.2) is 0 Å². The van der Waals surface area contributed by atoms with Crippen LogP contribution in [-0.2, 0) is 4.74 Å². The van der Waals surface area contributed by atoms with Gasteiger partial charge in [-0.25, -0.2) is 0 Å². The van der Waals surface area contributed by atoms with E-state index in [9.17, 15) is 0 Å². The van der Waals surface area contributed by atoms with E-state index in [-0.39, 0.29) is 22.2 Å². The van der Waals surface area contributed by atoms with Gasteiger partial charge in [0.2, 0.25) is 0 Å². The summed E-state index contributed by atoms with van der Waals surface area (Å²) >= 11 is 0. The maximum absolute atomic E-state index is 5.62. The lowest BCUT2D eigenvalue weighted by Gasteiger charge is -2.30. The molecule has 0 aliphatic heterocycles. The van der Waals surface area contributed by atoms with Crippen molar-refractivity contribution in [1.29, 1.82) is 0 Å². The van der Waals surface area contributed by atoms with E-state index in [1.807, 2.05) is 0 Å². The fourth-order valence-electron chi connectivity index (χ4n) is 0.919. The standard InChI is InChI=1S/C8H18O.2H2O/c1-7(2,3)9-8(4,5)6;;/h1-6H3;2*1H2. The second-order valence-electron chi connectivity index (χ2n) is 4.33. The summed E-state index contributed by atoms with van der Waals surface area (Å²) in [6.45, 7) is 12.4. The van der Waals surface area contributed by atoms with Crippen LogP contribution in [0.15, 0.2) is 0 Å². The lowest BCUT2D eigenvalue weighted by Crippen LogP contribution is -2.31. The molecular weight excluding hydrogens is 144 g/mol. The Morgan fingerprint density at radius 2 is 0.818 bits per heavy atom. The van der Waals surface area contributed by atoms with Crippen molar-refractivity contribution in [2.45, 2.75) is 52.7 Å². The zero-order valence-electron chi connectivity index (χ0n) is 8.41. The summed E-state index contributed by atoms with van der Waals surface area (Å²) in [6, 6.07) is 0. The summed E-state index contributed by atoms with van der Waals surface area (Å²) in [5.74, 6) is 0. The van der Waals surface area contributed by atoms with Crippen LogP contribution in [0.3, 0.4) is 0 Å². The number of hydrogen-bond acceptors (Lipinski definition) is 1. The lowest BCUT2D eigenvalue weighted by molar-refractivity contribution is -0.102. The molecule has 0 aromatic carbocycles. The highest BCUT2D eigenvalue weighted by Crippen LogP contribution is 2.17. The topological polar surface area (TPSA) is 72.2 Å². The zero-order valence-corrected chi connectivity index (χ0v) is 8.41. The van der Waals surface area contributed by atoms with Crippen LogP contribution >= 0.6 is 0 Å². The predicted molar refractivity (Wildman–Crippen MR) is 47.8 cm³/mol. The normalized spacial score (nSPS) is 11.5. The van der Waals surface area contributed by atoms with E-state index >= 15 is 0 Å². The fraction of sp³-hybridized carbons (Fsp3) is 1.00. The second-order valence-corrected chi connectivity index (χ2v) is 4.33. The van der Waals surface area contributed by atoms with Gasteiger partial charge in [-0.15, -0.1) is 0 Å². The van der Waals surface area contributed by atoms with Crippen LogP contribution < -0.4 is 0 Å². The van der Waals surface area contributed by atoms with Crippen molar-refractivity contribution in [1.82, 2.24) is 0 Å². The summed E-state index contributed by atoms with van der Waals surface area (Å²) in [5.41, 5.74) is -0.0312. The summed E-state index contributed by atoms with van der Waals surface area (Å²) in [4.78, 5) is 0. The van der Waals surface area contributed by atoms with Gasteiger partial charge in [0.1, 0.15) is 0 Å². The van der Waals surface area contributed by atoms with E-state index in [4.69, 9.17) is 4.74 Å². The molecule has 0 aliphatic rings. The van der Waals surface area contributed by atoms with Crippen molar-refractivity contribution in [2.75, 3.05) is 0 Å². The molecular formula is C8H22O3. The molecule has 0 radical (unpaired) electrons. The van der Waals surface area contributed by atoms with Gasteiger partial charge in [0, 0.05) is 0 Å². The van der Waals surface area contributed by atoms with E-state index in [0.29, 0.717) is 0 Å². The van der Waals surface area contributed by atoms with Crippen molar-refractivity contribution >= 4 is 0 Å². The monoisotopic (exact) mass is 166 g/mol. The third-order valence-electron chi connectivity index (χ3n) is 0.612. The van der Waals surface area contributed by atoms with E-state index in [2.05, 4.69) is 41.5 Å². The average Bonchev–Trinajstić information content (AvgIpc) is 1.14. The van der Waals surface area contributed by atoms with Gasteiger partial charge in [-0.3, -0.25) is 0 Å². The molecule has 0 spiro atoms. The van der Waals surface area contributed by atoms with Gasteiger partial charge in [-0.05, 0) is 41.5 Å². The third-order valence-corrected chi connectivity index (χ3v) is 0.612. The Balaban J connectivity index is -0.000000320. The van der Waals surface area contributed by atoms with Crippen molar-refractivity contribution in [3.05, 3.63) is 0 Å². The highest BCUT2D eigenvalue weighted by molar-refractivity contribution is 4.68. The maximum atomic E-state index is 5.62. The van der Waals surface area contributed by atoms with E-state index in [1.54, 1.807) is 0 Å². The molecule has 0 saturated heterocycles. The van der Waals surface area contributed by atoms with Crippen molar-refractivity contribution in [3.63, 3.8) is 0 Å². The maximum Gasteiger partial charge on any atom is 0.0605 e. The van der Waals surface area contributed by atoms with Crippen LogP contribution in [0.4, 0.5) is 0 Å². The first kappa shape index (κ1) is 17.1. The quantitative estimate of drug-likeness (QED) is 0.528. The summed E-state index contributed by atoms with van der Waals surface area (Å²) in [5, 5.41) is 0. The van der Waals surface area contributed by atoms with Gasteiger partial charge in [0.05, 0.1) is 11.2 Å². The zero-order chi connectivity index (χ0) is 7.71. The molecule has 3 heteroatoms. The van der Waals surface area contributed by atoms with Crippen LogP contribution in [0.25, 0.3) is 0 Å². The first-order chi connectivity index (χ1) is 3.71. The van der Waals surface area contributed by atoms with Crippen molar-refractivity contribution < 1.29 is 15.7 Å². The third kappa shape index (κ3) is 17.7. The van der Waals surface area contributed by atoms with Crippen molar-refractivity contribution in [3.8, 4) is 0 Å². The minimum atomic E-state index is -0.0156. The molecule has 0 saturated carbocycles. The van der Waals surface area contributed by atoms with Crippen molar-refractivity contribution in [2.24, 2.45) is 0 Å². The Bertz CT molecular complexity index is 74.5. The van der Waals surface area contributed by atoms with E-state index in [1.165, 1.54) is 0 Å². The number of ether oxygens (including phenoxy) is 1. The summed E-state index contributed by atoms with van der Waals surface area (Å²) in [6.07, 6.45) is 0. The lowest BCUT2D eigenvalue weighted by atomic mass is 10.1. The van der Waals surface area contributed by atoms with Crippen LogP contribution in [0, 0.1) is 0 Å². The van der Waals surface area contributed by atoms with Crippen LogP contribution in [-0.4, -0.2) is 22.2 Å². The first-order valence-corrected chi connectivity index (χ1v) is 3.41. The average molecular weight is 166 g/mol. The molecule has 11 heavy (non-hydrogen) atoms. The molecule has 0 aromatic heterocycles. The molecule has 0 fully saturated rings. The fourth-order valence-corrected chi connectivity index (χ4v) is 0.919. The molecule has 0 rings (SSSR count). The minimum Gasteiger partial charge on any atom is -0.412 e. The first-order valence-electron chi connectivity index (χ1n) is 3.41. The Labute approximate surface area is 69.4 Å². The van der Waals surface area contributed by atoms with Crippen LogP contribution in [0.5, 0.6) is 0 Å². The Morgan fingerprint density at radius 1 is 0.636 bits per heavy atom. The highest BCUT2D eigenvalue weighted by Gasteiger charge is 2.19. The smallest absolute Gasteiger partial charge is 0.0605 e. The molecule has 0 amide bonds. The van der Waals surface area contributed by atoms with Gasteiger partial charge < -0.3 is 15.7 Å². The second kappa shape index (κ2) is 4.70. The van der Waals surface area contributed by atoms with Crippen LogP contribution in [0.2, 0.25) is 0 Å². The molecule has 72 valence electrons. The molecule has 3 nitrogen and oxygen atoms in total. The molecule has 0 heterocycles. The Kier molecular flexibility index (Phi) is 7.30. The number of rotatable bonds is 0. The van der Waals surface area contributed by atoms with E-state index in [0.717, 1.165) is 0 Å². The largest absolute Gasteiger partial charge is 0.412 e.